The molecule has 0 fully saturated rings. The largest absolute Gasteiger partial charge is 0.462 e. The second kappa shape index (κ2) is 7.70. The molecule has 0 saturated heterocycles. The highest BCUT2D eigenvalue weighted by molar-refractivity contribution is 6.37. The smallest absolute Gasteiger partial charge is 0.353 e. The molecule has 6 heteroatoms. The van der Waals surface area contributed by atoms with Gasteiger partial charge in [-0.3, -0.25) is 4.98 Å². The molecule has 1 aliphatic rings. The second-order valence-corrected chi connectivity index (χ2v) is 5.53. The monoisotopic (exact) mass is 338 g/mol. The van der Waals surface area contributed by atoms with Gasteiger partial charge in [0, 0.05) is 12.6 Å². The number of hydrogen-bond donors (Lipinski definition) is 0. The van der Waals surface area contributed by atoms with Crippen LogP contribution in [-0.2, 0) is 27.3 Å². The Bertz CT molecular complexity index is 815. The summed E-state index contributed by atoms with van der Waals surface area (Å²) in [6.07, 6.45) is 2.52. The molecule has 0 saturated carbocycles. The summed E-state index contributed by atoms with van der Waals surface area (Å²) in [5.74, 6) is -0.900. The lowest BCUT2D eigenvalue weighted by Gasteiger charge is -2.14. The summed E-state index contributed by atoms with van der Waals surface area (Å²) < 4.78 is 10.3. The Hall–Kier alpha value is -3.02. The molecule has 25 heavy (non-hydrogen) atoms. The predicted octanol–water partition coefficient (Wildman–Crippen LogP) is 3.02. The van der Waals surface area contributed by atoms with Crippen LogP contribution in [0.15, 0.2) is 47.6 Å². The number of hydrogen-bond acceptors (Lipinski definition) is 6. The number of benzene rings is 1. The van der Waals surface area contributed by atoms with E-state index in [9.17, 15) is 9.59 Å². The normalized spacial score (nSPS) is 12.8. The van der Waals surface area contributed by atoms with Gasteiger partial charge in [0.05, 0.1) is 23.6 Å². The Morgan fingerprint density at radius 2 is 1.88 bits per heavy atom. The van der Waals surface area contributed by atoms with Gasteiger partial charge in [-0.25, -0.2) is 14.6 Å². The first kappa shape index (κ1) is 16.8. The van der Waals surface area contributed by atoms with Crippen LogP contribution in [0.1, 0.15) is 35.0 Å². The summed E-state index contributed by atoms with van der Waals surface area (Å²) in [5, 5.41) is 0. The van der Waals surface area contributed by atoms with E-state index >= 15 is 0 Å². The molecular weight excluding hydrogens is 320 g/mol. The van der Waals surface area contributed by atoms with Crippen molar-refractivity contribution in [2.75, 3.05) is 6.61 Å². The Morgan fingerprint density at radius 3 is 2.64 bits per heavy atom. The molecule has 1 aliphatic heterocycles. The van der Waals surface area contributed by atoms with Crippen LogP contribution in [0, 0.1) is 0 Å². The first-order chi connectivity index (χ1) is 12.2. The highest BCUT2D eigenvalue weighted by atomic mass is 16.5. The number of ether oxygens (including phenoxy) is 2. The first-order valence-corrected chi connectivity index (χ1v) is 8.12. The third-order valence-electron chi connectivity index (χ3n) is 3.76. The molecule has 2 aromatic rings. The van der Waals surface area contributed by atoms with Crippen LogP contribution >= 0.6 is 0 Å². The molecule has 1 aromatic heterocycles. The standard InChI is InChI=1S/C19H18N2O4/c1-2-24-18(22)14-10-17-15(20-11-14)8-9-16(21-17)19(23)25-12-13-6-4-3-5-7-13/h3-7,10-11H,2,8-9,12H2,1H3. The topological polar surface area (TPSA) is 77.9 Å². The summed E-state index contributed by atoms with van der Waals surface area (Å²) in [6.45, 7) is 2.23. The van der Waals surface area contributed by atoms with E-state index in [-0.39, 0.29) is 13.2 Å². The zero-order chi connectivity index (χ0) is 17.6. The van der Waals surface area contributed by atoms with Crippen molar-refractivity contribution in [3.63, 3.8) is 0 Å². The summed E-state index contributed by atoms with van der Waals surface area (Å²) in [6, 6.07) is 11.1. The summed E-state index contributed by atoms with van der Waals surface area (Å²) in [7, 11) is 0. The Balaban J connectivity index is 1.73. The van der Waals surface area contributed by atoms with E-state index in [4.69, 9.17) is 9.47 Å². The van der Waals surface area contributed by atoms with Gasteiger partial charge >= 0.3 is 11.9 Å². The third kappa shape index (κ3) is 4.09. The zero-order valence-corrected chi connectivity index (χ0v) is 13.9. The minimum Gasteiger partial charge on any atom is -0.462 e. The molecule has 2 heterocycles. The van der Waals surface area contributed by atoms with Crippen LogP contribution in [0.3, 0.4) is 0 Å². The first-order valence-electron chi connectivity index (χ1n) is 8.12. The minimum absolute atomic E-state index is 0.201. The van der Waals surface area contributed by atoms with Crippen molar-refractivity contribution in [1.29, 1.82) is 0 Å². The Labute approximate surface area is 145 Å². The van der Waals surface area contributed by atoms with Gasteiger partial charge in [0.1, 0.15) is 12.3 Å². The zero-order valence-electron chi connectivity index (χ0n) is 13.9. The second-order valence-electron chi connectivity index (χ2n) is 5.53. The van der Waals surface area contributed by atoms with Gasteiger partial charge in [0.25, 0.3) is 0 Å². The fourth-order valence-electron chi connectivity index (χ4n) is 2.49. The van der Waals surface area contributed by atoms with Gasteiger partial charge in [-0.1, -0.05) is 30.3 Å². The maximum atomic E-state index is 12.2. The molecule has 0 amide bonds. The molecule has 0 aliphatic carbocycles. The number of aryl methyl sites for hydroxylation is 1. The van der Waals surface area contributed by atoms with Crippen molar-refractivity contribution in [1.82, 2.24) is 4.98 Å². The average Bonchev–Trinajstić information content (AvgIpc) is 2.66. The number of carbonyl (C=O) groups is 2. The fraction of sp³-hybridized carbons (Fsp3) is 0.263. The molecule has 1 aromatic carbocycles. The van der Waals surface area contributed by atoms with E-state index in [1.807, 2.05) is 30.3 Å². The summed E-state index contributed by atoms with van der Waals surface area (Å²) in [4.78, 5) is 32.6. The quantitative estimate of drug-likeness (QED) is 0.783. The number of fused-ring (bicyclic) bond motifs is 1. The number of nitrogens with zero attached hydrogens (tertiary/aromatic N) is 2. The molecule has 0 atom stereocenters. The van der Waals surface area contributed by atoms with Gasteiger partial charge in [-0.2, -0.15) is 0 Å². The van der Waals surface area contributed by atoms with Gasteiger partial charge < -0.3 is 9.47 Å². The van der Waals surface area contributed by atoms with Crippen LogP contribution in [-0.4, -0.2) is 29.2 Å². The van der Waals surface area contributed by atoms with Gasteiger partial charge in [-0.05, 0) is 25.0 Å². The SMILES string of the molecule is CCOC(=O)c1cnc2c(c1)N=C(C(=O)OCc1ccccc1)CC2. The van der Waals surface area contributed by atoms with E-state index < -0.39 is 11.9 Å². The Morgan fingerprint density at radius 1 is 1.08 bits per heavy atom. The summed E-state index contributed by atoms with van der Waals surface area (Å²) >= 11 is 0. The fourth-order valence-corrected chi connectivity index (χ4v) is 2.49. The lowest BCUT2D eigenvalue weighted by atomic mass is 10.1. The van der Waals surface area contributed by atoms with Crippen LogP contribution in [0.4, 0.5) is 5.69 Å². The minimum atomic E-state index is -0.452. The molecule has 0 radical (unpaired) electrons. The van der Waals surface area contributed by atoms with Crippen molar-refractivity contribution in [2.24, 2.45) is 4.99 Å². The lowest BCUT2D eigenvalue weighted by Crippen LogP contribution is -2.21. The van der Waals surface area contributed by atoms with Gasteiger partial charge in [0.15, 0.2) is 0 Å². The average molecular weight is 338 g/mol. The summed E-state index contributed by atoms with van der Waals surface area (Å²) in [5.41, 5.74) is 2.85. The number of esters is 2. The number of aliphatic imine (C=N–C) groups is 1. The van der Waals surface area contributed by atoms with Crippen LogP contribution in [0.25, 0.3) is 0 Å². The third-order valence-corrected chi connectivity index (χ3v) is 3.76. The number of pyridine rings is 1. The van der Waals surface area contributed by atoms with E-state index in [1.54, 1.807) is 13.0 Å². The molecule has 0 N–H and O–H groups in total. The van der Waals surface area contributed by atoms with Crippen molar-refractivity contribution in [3.05, 3.63) is 59.4 Å². The van der Waals surface area contributed by atoms with Crippen molar-refractivity contribution < 1.29 is 19.1 Å². The molecule has 0 spiro atoms. The van der Waals surface area contributed by atoms with Crippen LogP contribution < -0.4 is 0 Å². The van der Waals surface area contributed by atoms with Crippen LogP contribution in [0.2, 0.25) is 0 Å². The van der Waals surface area contributed by atoms with Crippen LogP contribution in [0.5, 0.6) is 0 Å². The van der Waals surface area contributed by atoms with E-state index in [0.717, 1.165) is 11.3 Å². The highest BCUT2D eigenvalue weighted by Crippen LogP contribution is 2.26. The number of rotatable bonds is 5. The molecular formula is C19H18N2O4. The highest BCUT2D eigenvalue weighted by Gasteiger charge is 2.21. The van der Waals surface area contributed by atoms with E-state index in [1.165, 1.54) is 6.20 Å². The Kier molecular flexibility index (Phi) is 5.18. The molecule has 6 nitrogen and oxygen atoms in total. The molecule has 0 unspecified atom stereocenters. The van der Waals surface area contributed by atoms with Gasteiger partial charge in [0.2, 0.25) is 0 Å². The molecule has 0 bridgehead atoms. The predicted molar refractivity (Wildman–Crippen MR) is 91.8 cm³/mol. The molecule has 3 rings (SSSR count). The number of aromatic nitrogens is 1. The van der Waals surface area contributed by atoms with E-state index in [0.29, 0.717) is 29.8 Å². The number of carbonyl (C=O) groups excluding carboxylic acids is 2. The van der Waals surface area contributed by atoms with Crippen molar-refractivity contribution in [3.8, 4) is 0 Å². The van der Waals surface area contributed by atoms with Crippen molar-refractivity contribution in [2.45, 2.75) is 26.4 Å². The van der Waals surface area contributed by atoms with Gasteiger partial charge in [-0.15, -0.1) is 0 Å². The molecule has 128 valence electrons. The maximum Gasteiger partial charge on any atom is 0.353 e. The maximum absolute atomic E-state index is 12.2. The van der Waals surface area contributed by atoms with Crippen molar-refractivity contribution >= 4 is 23.3 Å². The van der Waals surface area contributed by atoms with E-state index in [2.05, 4.69) is 9.98 Å². The lowest BCUT2D eigenvalue weighted by molar-refractivity contribution is -0.136.